The Hall–Kier alpha value is -1.46. The molecule has 1 saturated heterocycles. The number of likely N-dealkylation sites (tertiary alicyclic amines) is 1. The Morgan fingerprint density at radius 3 is 2.95 bits per heavy atom. The molecule has 2 atom stereocenters. The molecule has 1 amide bonds. The molecule has 0 spiro atoms. The largest absolute Gasteiger partial charge is 0.339 e. The van der Waals surface area contributed by atoms with Crippen molar-refractivity contribution in [2.24, 2.45) is 0 Å². The summed E-state index contributed by atoms with van der Waals surface area (Å²) in [5.41, 5.74) is 2.18. The van der Waals surface area contributed by atoms with Gasteiger partial charge in [-0.1, -0.05) is 0 Å². The highest BCUT2D eigenvalue weighted by Crippen LogP contribution is 2.24. The van der Waals surface area contributed by atoms with Crippen LogP contribution in [0.2, 0.25) is 0 Å². The third-order valence-electron chi connectivity index (χ3n) is 4.14. The Kier molecular flexibility index (Phi) is 3.95. The maximum atomic E-state index is 12.3. The van der Waals surface area contributed by atoms with E-state index in [9.17, 15) is 4.79 Å². The fourth-order valence-corrected chi connectivity index (χ4v) is 3.65. The fraction of sp³-hybridized carbons (Fsp3) is 0.500. The van der Waals surface area contributed by atoms with Crippen LogP contribution in [-0.4, -0.2) is 34.4 Å². The summed E-state index contributed by atoms with van der Waals surface area (Å²) in [6.45, 7) is 7.08. The second-order valence-corrected chi connectivity index (χ2v) is 6.88. The number of hydrogen-bond acceptors (Lipinski definition) is 4. The topological polar surface area (TPSA) is 45.2 Å². The number of amides is 1. The molecule has 21 heavy (non-hydrogen) atoms. The lowest BCUT2D eigenvalue weighted by Gasteiger charge is -2.22. The van der Waals surface area contributed by atoms with E-state index in [0.29, 0.717) is 0 Å². The first-order valence-corrected chi connectivity index (χ1v) is 8.34. The Morgan fingerprint density at radius 1 is 1.43 bits per heavy atom. The van der Waals surface area contributed by atoms with Crippen LogP contribution in [0.5, 0.6) is 0 Å². The summed E-state index contributed by atoms with van der Waals surface area (Å²) in [7, 11) is 0. The van der Waals surface area contributed by atoms with Gasteiger partial charge in [-0.3, -0.25) is 15.1 Å². The van der Waals surface area contributed by atoms with E-state index >= 15 is 0 Å². The van der Waals surface area contributed by atoms with Crippen LogP contribution in [0, 0.1) is 0 Å². The molecule has 1 aliphatic heterocycles. The van der Waals surface area contributed by atoms with Crippen LogP contribution in [0.3, 0.4) is 0 Å². The molecular formula is C16H21N3OS. The monoisotopic (exact) mass is 303 g/mol. The zero-order valence-electron chi connectivity index (χ0n) is 12.7. The molecule has 1 aliphatic rings. The van der Waals surface area contributed by atoms with Crippen LogP contribution in [0.25, 0.3) is 10.2 Å². The number of rotatable bonds is 4. The van der Waals surface area contributed by atoms with Crippen LogP contribution in [0.1, 0.15) is 38.8 Å². The lowest BCUT2D eigenvalue weighted by atomic mass is 10.1. The number of nitrogens with one attached hydrogen (secondary N) is 1. The van der Waals surface area contributed by atoms with Crippen molar-refractivity contribution in [1.82, 2.24) is 15.2 Å². The average Bonchev–Trinajstić information content (AvgIpc) is 3.05. The van der Waals surface area contributed by atoms with Gasteiger partial charge in [-0.05, 0) is 50.3 Å². The Labute approximate surface area is 129 Å². The van der Waals surface area contributed by atoms with E-state index in [1.807, 2.05) is 17.2 Å². The molecule has 3 heterocycles. The van der Waals surface area contributed by atoms with Gasteiger partial charge in [0.15, 0.2) is 0 Å². The van der Waals surface area contributed by atoms with Crippen LogP contribution in [0.4, 0.5) is 0 Å². The smallest absolute Gasteiger partial charge is 0.240 e. The molecule has 5 heteroatoms. The van der Waals surface area contributed by atoms with Gasteiger partial charge in [-0.25, -0.2) is 0 Å². The molecule has 0 aliphatic carbocycles. The molecule has 4 nitrogen and oxygen atoms in total. The second-order valence-electron chi connectivity index (χ2n) is 5.93. The van der Waals surface area contributed by atoms with Crippen molar-refractivity contribution >= 4 is 27.5 Å². The molecule has 112 valence electrons. The summed E-state index contributed by atoms with van der Waals surface area (Å²) >= 11 is 1.70. The Balaban J connectivity index is 1.71. The molecule has 0 radical (unpaired) electrons. The molecular weight excluding hydrogens is 282 g/mol. The molecule has 1 fully saturated rings. The summed E-state index contributed by atoms with van der Waals surface area (Å²) in [4.78, 5) is 18.8. The van der Waals surface area contributed by atoms with Crippen molar-refractivity contribution < 1.29 is 4.79 Å². The molecule has 1 N–H and O–H groups in total. The highest BCUT2D eigenvalue weighted by Gasteiger charge is 2.33. The van der Waals surface area contributed by atoms with Crippen molar-refractivity contribution in [3.63, 3.8) is 0 Å². The van der Waals surface area contributed by atoms with E-state index in [-0.39, 0.29) is 24.0 Å². The predicted molar refractivity (Wildman–Crippen MR) is 86.4 cm³/mol. The van der Waals surface area contributed by atoms with Gasteiger partial charge in [0.1, 0.15) is 0 Å². The minimum absolute atomic E-state index is 0.0681. The van der Waals surface area contributed by atoms with Crippen LogP contribution in [0.15, 0.2) is 23.7 Å². The highest BCUT2D eigenvalue weighted by molar-refractivity contribution is 7.17. The van der Waals surface area contributed by atoms with Gasteiger partial charge in [-0.2, -0.15) is 0 Å². The van der Waals surface area contributed by atoms with Gasteiger partial charge in [0.05, 0.1) is 16.3 Å². The molecule has 2 aromatic heterocycles. The van der Waals surface area contributed by atoms with E-state index in [0.717, 1.165) is 24.0 Å². The normalized spacial score (nSPS) is 20.7. The quantitative estimate of drug-likeness (QED) is 0.944. The lowest BCUT2D eigenvalue weighted by Crippen LogP contribution is -2.41. The minimum atomic E-state index is -0.0681. The van der Waals surface area contributed by atoms with Gasteiger partial charge in [-0.15, -0.1) is 11.3 Å². The van der Waals surface area contributed by atoms with Crippen molar-refractivity contribution in [3.05, 3.63) is 29.3 Å². The average molecular weight is 303 g/mol. The lowest BCUT2D eigenvalue weighted by molar-refractivity contribution is -0.130. The number of pyridine rings is 1. The zero-order valence-corrected chi connectivity index (χ0v) is 13.5. The Morgan fingerprint density at radius 2 is 2.24 bits per heavy atom. The van der Waals surface area contributed by atoms with Crippen molar-refractivity contribution in [2.45, 2.75) is 45.3 Å². The Bertz CT molecular complexity index is 652. The van der Waals surface area contributed by atoms with Crippen molar-refractivity contribution in [2.75, 3.05) is 6.54 Å². The first-order valence-electron chi connectivity index (χ1n) is 7.46. The number of aromatic nitrogens is 1. The van der Waals surface area contributed by atoms with Crippen molar-refractivity contribution in [1.29, 1.82) is 0 Å². The maximum absolute atomic E-state index is 12.3. The number of thiophene rings is 1. The van der Waals surface area contributed by atoms with E-state index in [1.54, 1.807) is 11.3 Å². The van der Waals surface area contributed by atoms with E-state index in [1.165, 1.54) is 4.70 Å². The SMILES string of the molecule is CC(NC1CCN(C(C)C)C1=O)c1cnc2ccsc2c1. The fourth-order valence-electron chi connectivity index (χ4n) is 2.87. The summed E-state index contributed by atoms with van der Waals surface area (Å²) in [5.74, 6) is 0.224. The number of hydrogen-bond donors (Lipinski definition) is 1. The third-order valence-corrected chi connectivity index (χ3v) is 4.99. The summed E-state index contributed by atoms with van der Waals surface area (Å²) in [5, 5.41) is 5.52. The van der Waals surface area contributed by atoms with E-state index in [4.69, 9.17) is 0 Å². The first kappa shape index (κ1) is 14.5. The summed E-state index contributed by atoms with van der Waals surface area (Å²) < 4.78 is 1.20. The van der Waals surface area contributed by atoms with Gasteiger partial charge in [0, 0.05) is 24.8 Å². The number of nitrogens with zero attached hydrogens (tertiary/aromatic N) is 2. The van der Waals surface area contributed by atoms with Crippen LogP contribution < -0.4 is 5.32 Å². The van der Waals surface area contributed by atoms with Gasteiger partial charge >= 0.3 is 0 Å². The number of carbonyl (C=O) groups excluding carboxylic acids is 1. The molecule has 3 rings (SSSR count). The van der Waals surface area contributed by atoms with Gasteiger partial charge in [0.25, 0.3) is 0 Å². The summed E-state index contributed by atoms with van der Waals surface area (Å²) in [6, 6.07) is 4.54. The molecule has 0 saturated carbocycles. The van der Waals surface area contributed by atoms with E-state index in [2.05, 4.69) is 42.5 Å². The maximum Gasteiger partial charge on any atom is 0.240 e. The number of fused-ring (bicyclic) bond motifs is 1. The molecule has 2 aromatic rings. The molecule has 0 aromatic carbocycles. The standard InChI is InChI=1S/C16H21N3OS/c1-10(2)19-6-4-14(16(19)20)18-11(3)12-8-15-13(17-9-12)5-7-21-15/h5,7-11,14,18H,4,6H2,1-3H3. The van der Waals surface area contributed by atoms with E-state index < -0.39 is 0 Å². The predicted octanol–water partition coefficient (Wildman–Crippen LogP) is 2.96. The second kappa shape index (κ2) is 5.73. The van der Waals surface area contributed by atoms with Crippen LogP contribution >= 0.6 is 11.3 Å². The van der Waals surface area contributed by atoms with Gasteiger partial charge < -0.3 is 4.90 Å². The van der Waals surface area contributed by atoms with Crippen LogP contribution in [-0.2, 0) is 4.79 Å². The van der Waals surface area contributed by atoms with Crippen molar-refractivity contribution in [3.8, 4) is 0 Å². The third kappa shape index (κ3) is 2.80. The number of carbonyl (C=O) groups is 1. The van der Waals surface area contributed by atoms with Gasteiger partial charge in [0.2, 0.25) is 5.91 Å². The summed E-state index contributed by atoms with van der Waals surface area (Å²) in [6.07, 6.45) is 2.79. The minimum Gasteiger partial charge on any atom is -0.339 e. The highest BCUT2D eigenvalue weighted by atomic mass is 32.1. The molecule has 2 unspecified atom stereocenters. The zero-order chi connectivity index (χ0) is 15.0. The molecule has 0 bridgehead atoms. The first-order chi connectivity index (χ1) is 10.1.